The molecule has 2 aromatic rings. The molecule has 0 aliphatic carbocycles. The molecule has 3 rings (SSSR count). The van der Waals surface area contributed by atoms with E-state index in [0.717, 1.165) is 49.8 Å². The lowest BCUT2D eigenvalue weighted by Crippen LogP contribution is -2.36. The Morgan fingerprint density at radius 3 is 2.58 bits per heavy atom. The van der Waals surface area contributed by atoms with Gasteiger partial charge in [0.25, 0.3) is 0 Å². The monoisotopic (exact) mass is 355 g/mol. The number of urea groups is 1. The summed E-state index contributed by atoms with van der Waals surface area (Å²) in [7, 11) is 0. The van der Waals surface area contributed by atoms with Crippen LogP contribution in [0.2, 0.25) is 0 Å². The fraction of sp³-hybridized carbons (Fsp3) is 0.350. The predicted molar refractivity (Wildman–Crippen MR) is 101 cm³/mol. The van der Waals surface area contributed by atoms with Gasteiger partial charge in [0.1, 0.15) is 12.4 Å². The molecule has 6 nitrogen and oxygen atoms in total. The number of para-hydroxylation sites is 2. The van der Waals surface area contributed by atoms with E-state index >= 15 is 0 Å². The molecule has 0 bridgehead atoms. The van der Waals surface area contributed by atoms with Gasteiger partial charge in [-0.1, -0.05) is 36.4 Å². The number of hydrogen-bond donors (Lipinski definition) is 2. The van der Waals surface area contributed by atoms with Crippen molar-refractivity contribution in [3.05, 3.63) is 60.2 Å². The van der Waals surface area contributed by atoms with Gasteiger partial charge in [-0.15, -0.1) is 0 Å². The zero-order valence-electron chi connectivity index (χ0n) is 14.8. The molecular formula is C20H25N3O3. The van der Waals surface area contributed by atoms with Crippen molar-refractivity contribution in [1.29, 1.82) is 0 Å². The molecule has 0 spiro atoms. The Labute approximate surface area is 154 Å². The molecule has 1 heterocycles. The minimum Gasteiger partial charge on any atom is -0.492 e. The molecule has 0 aromatic heterocycles. The summed E-state index contributed by atoms with van der Waals surface area (Å²) in [5, 5.41) is 5.76. The molecule has 138 valence electrons. The van der Waals surface area contributed by atoms with Gasteiger partial charge in [-0.3, -0.25) is 4.90 Å². The molecule has 1 aliphatic heterocycles. The van der Waals surface area contributed by atoms with E-state index in [2.05, 4.69) is 15.5 Å². The molecular weight excluding hydrogens is 330 g/mol. The number of nitrogens with one attached hydrogen (secondary N) is 2. The summed E-state index contributed by atoms with van der Waals surface area (Å²) in [6, 6.07) is 17.2. The van der Waals surface area contributed by atoms with Crippen LogP contribution in [0.4, 0.5) is 10.5 Å². The summed E-state index contributed by atoms with van der Waals surface area (Å²) in [5.41, 5.74) is 1.94. The topological polar surface area (TPSA) is 62.8 Å². The van der Waals surface area contributed by atoms with Crippen molar-refractivity contribution in [3.63, 3.8) is 0 Å². The highest BCUT2D eigenvalue weighted by molar-refractivity contribution is 5.90. The minimum atomic E-state index is -0.226. The number of morpholine rings is 1. The van der Waals surface area contributed by atoms with E-state index in [1.165, 1.54) is 0 Å². The largest absolute Gasteiger partial charge is 0.492 e. The zero-order chi connectivity index (χ0) is 18.0. The Balaban J connectivity index is 1.44. The first-order valence-electron chi connectivity index (χ1n) is 8.92. The fourth-order valence-corrected chi connectivity index (χ4v) is 2.80. The summed E-state index contributed by atoms with van der Waals surface area (Å²) >= 11 is 0. The fourth-order valence-electron chi connectivity index (χ4n) is 2.80. The SMILES string of the molecule is O=C(NCCOc1ccccc1)Nc1ccccc1CN1CCOCC1. The van der Waals surface area contributed by atoms with Gasteiger partial charge >= 0.3 is 6.03 Å². The van der Waals surface area contributed by atoms with Gasteiger partial charge in [0.15, 0.2) is 0 Å². The number of hydrogen-bond acceptors (Lipinski definition) is 4. The molecule has 1 saturated heterocycles. The van der Waals surface area contributed by atoms with Gasteiger partial charge in [0.05, 0.1) is 19.8 Å². The molecule has 0 atom stereocenters. The van der Waals surface area contributed by atoms with Gasteiger partial charge in [0.2, 0.25) is 0 Å². The highest BCUT2D eigenvalue weighted by atomic mass is 16.5. The summed E-state index contributed by atoms with van der Waals surface area (Å²) in [4.78, 5) is 14.5. The van der Waals surface area contributed by atoms with Crippen LogP contribution in [0, 0.1) is 0 Å². The lowest BCUT2D eigenvalue weighted by molar-refractivity contribution is 0.0343. The third-order valence-corrected chi connectivity index (χ3v) is 4.16. The van der Waals surface area contributed by atoms with Crippen LogP contribution in [0.1, 0.15) is 5.56 Å². The van der Waals surface area contributed by atoms with Crippen molar-refractivity contribution < 1.29 is 14.3 Å². The molecule has 1 fully saturated rings. The second kappa shape index (κ2) is 9.79. The van der Waals surface area contributed by atoms with Crippen molar-refractivity contribution in [1.82, 2.24) is 10.2 Å². The quantitative estimate of drug-likeness (QED) is 0.750. The smallest absolute Gasteiger partial charge is 0.319 e. The molecule has 2 amide bonds. The lowest BCUT2D eigenvalue weighted by Gasteiger charge is -2.27. The van der Waals surface area contributed by atoms with E-state index in [4.69, 9.17) is 9.47 Å². The number of anilines is 1. The number of nitrogens with zero attached hydrogens (tertiary/aromatic N) is 1. The Hall–Kier alpha value is -2.57. The second-order valence-corrected chi connectivity index (χ2v) is 6.09. The van der Waals surface area contributed by atoms with Crippen LogP contribution in [0.5, 0.6) is 5.75 Å². The number of amides is 2. The Morgan fingerprint density at radius 2 is 1.77 bits per heavy atom. The third-order valence-electron chi connectivity index (χ3n) is 4.16. The minimum absolute atomic E-state index is 0.226. The summed E-state index contributed by atoms with van der Waals surface area (Å²) in [5.74, 6) is 0.797. The van der Waals surface area contributed by atoms with Gasteiger partial charge in [-0.05, 0) is 23.8 Å². The highest BCUT2D eigenvalue weighted by Crippen LogP contribution is 2.17. The van der Waals surface area contributed by atoms with Gasteiger partial charge in [-0.2, -0.15) is 0 Å². The van der Waals surface area contributed by atoms with Gasteiger partial charge in [0, 0.05) is 25.3 Å². The molecule has 1 aliphatic rings. The standard InChI is InChI=1S/C20H25N3O3/c24-20(21-10-13-26-18-7-2-1-3-8-18)22-19-9-5-4-6-17(19)16-23-11-14-25-15-12-23/h1-9H,10-16H2,(H2,21,22,24). The molecule has 0 radical (unpaired) electrons. The van der Waals surface area contributed by atoms with E-state index in [0.29, 0.717) is 13.2 Å². The normalized spacial score (nSPS) is 14.6. The Bertz CT molecular complexity index is 688. The molecule has 0 unspecified atom stereocenters. The first-order chi connectivity index (χ1) is 12.8. The number of benzene rings is 2. The Kier molecular flexibility index (Phi) is 6.87. The van der Waals surface area contributed by atoms with E-state index in [-0.39, 0.29) is 6.03 Å². The molecule has 2 N–H and O–H groups in total. The number of ether oxygens (including phenoxy) is 2. The van der Waals surface area contributed by atoms with E-state index in [9.17, 15) is 4.79 Å². The number of carbonyl (C=O) groups is 1. The van der Waals surface area contributed by atoms with Crippen LogP contribution in [-0.4, -0.2) is 50.4 Å². The number of carbonyl (C=O) groups excluding carboxylic acids is 1. The summed E-state index contributed by atoms with van der Waals surface area (Å²) < 4.78 is 11.0. The summed E-state index contributed by atoms with van der Waals surface area (Å²) in [6.45, 7) is 5.01. The van der Waals surface area contributed by atoms with Crippen LogP contribution in [0.15, 0.2) is 54.6 Å². The first-order valence-corrected chi connectivity index (χ1v) is 8.92. The molecule has 6 heteroatoms. The third kappa shape index (κ3) is 5.75. The average molecular weight is 355 g/mol. The van der Waals surface area contributed by atoms with E-state index < -0.39 is 0 Å². The van der Waals surface area contributed by atoms with Crippen molar-refractivity contribution in [2.45, 2.75) is 6.54 Å². The lowest BCUT2D eigenvalue weighted by atomic mass is 10.1. The summed E-state index contributed by atoms with van der Waals surface area (Å²) in [6.07, 6.45) is 0. The second-order valence-electron chi connectivity index (χ2n) is 6.09. The highest BCUT2D eigenvalue weighted by Gasteiger charge is 2.13. The molecule has 0 saturated carbocycles. The van der Waals surface area contributed by atoms with E-state index in [1.807, 2.05) is 54.6 Å². The van der Waals surface area contributed by atoms with Crippen LogP contribution < -0.4 is 15.4 Å². The first kappa shape index (κ1) is 18.2. The van der Waals surface area contributed by atoms with Gasteiger partial charge < -0.3 is 20.1 Å². The zero-order valence-corrected chi connectivity index (χ0v) is 14.8. The van der Waals surface area contributed by atoms with Crippen LogP contribution in [0.3, 0.4) is 0 Å². The Morgan fingerprint density at radius 1 is 1.04 bits per heavy atom. The van der Waals surface area contributed by atoms with Crippen molar-refractivity contribution in [2.24, 2.45) is 0 Å². The average Bonchev–Trinajstić information content (AvgIpc) is 2.68. The van der Waals surface area contributed by atoms with Crippen molar-refractivity contribution in [3.8, 4) is 5.75 Å². The number of rotatable bonds is 7. The van der Waals surface area contributed by atoms with E-state index in [1.54, 1.807) is 0 Å². The maximum Gasteiger partial charge on any atom is 0.319 e. The maximum atomic E-state index is 12.2. The molecule has 26 heavy (non-hydrogen) atoms. The maximum absolute atomic E-state index is 12.2. The molecule has 2 aromatic carbocycles. The van der Waals surface area contributed by atoms with Crippen LogP contribution in [0.25, 0.3) is 0 Å². The van der Waals surface area contributed by atoms with Crippen LogP contribution >= 0.6 is 0 Å². The van der Waals surface area contributed by atoms with Crippen molar-refractivity contribution >= 4 is 11.7 Å². The predicted octanol–water partition coefficient (Wildman–Crippen LogP) is 2.72. The van der Waals surface area contributed by atoms with Gasteiger partial charge in [-0.25, -0.2) is 4.79 Å². The van der Waals surface area contributed by atoms with Crippen molar-refractivity contribution in [2.75, 3.05) is 44.8 Å². The van der Waals surface area contributed by atoms with Crippen LogP contribution in [-0.2, 0) is 11.3 Å².